The lowest BCUT2D eigenvalue weighted by Gasteiger charge is -2.10. The Morgan fingerprint density at radius 2 is 1.62 bits per heavy atom. The molecule has 1 heterocycles. The lowest BCUT2D eigenvalue weighted by Crippen LogP contribution is -2.17. The highest BCUT2D eigenvalue weighted by Crippen LogP contribution is 2.31. The second-order valence-electron chi connectivity index (χ2n) is 5.17. The van der Waals surface area contributed by atoms with Crippen molar-refractivity contribution < 1.29 is 9.59 Å². The van der Waals surface area contributed by atoms with Gasteiger partial charge in [0, 0.05) is 29.8 Å². The van der Waals surface area contributed by atoms with E-state index in [1.165, 1.54) is 11.0 Å². The number of allylic oxidation sites excluding steroid dienone is 1. The van der Waals surface area contributed by atoms with Crippen molar-refractivity contribution in [3.05, 3.63) is 76.9 Å². The molecule has 0 aliphatic carbocycles. The fourth-order valence-electron chi connectivity index (χ4n) is 2.46. The van der Waals surface area contributed by atoms with E-state index in [1.54, 1.807) is 25.2 Å². The van der Waals surface area contributed by atoms with Crippen LogP contribution in [-0.2, 0) is 0 Å². The molecule has 3 heteroatoms. The molecule has 104 valence electrons. The first kappa shape index (κ1) is 13.3. The van der Waals surface area contributed by atoms with E-state index in [1.807, 2.05) is 37.3 Å². The number of amides is 1. The van der Waals surface area contributed by atoms with E-state index in [2.05, 4.69) is 0 Å². The third kappa shape index (κ3) is 2.27. The highest BCUT2D eigenvalue weighted by atomic mass is 16.2. The van der Waals surface area contributed by atoms with Crippen molar-refractivity contribution in [1.29, 1.82) is 0 Å². The number of carbonyl (C=O) groups is 2. The van der Waals surface area contributed by atoms with E-state index in [0.29, 0.717) is 16.8 Å². The quantitative estimate of drug-likeness (QED) is 0.624. The molecule has 0 N–H and O–H groups in total. The van der Waals surface area contributed by atoms with E-state index >= 15 is 0 Å². The molecular formula is C18H15NO2. The first-order chi connectivity index (χ1) is 10.1. The van der Waals surface area contributed by atoms with Crippen LogP contribution < -0.4 is 0 Å². The summed E-state index contributed by atoms with van der Waals surface area (Å²) in [4.78, 5) is 26.0. The lowest BCUT2D eigenvalue weighted by atomic mass is 10.0. The van der Waals surface area contributed by atoms with Gasteiger partial charge in [-0.15, -0.1) is 0 Å². The van der Waals surface area contributed by atoms with Gasteiger partial charge < -0.3 is 4.90 Å². The molecule has 3 nitrogen and oxygen atoms in total. The van der Waals surface area contributed by atoms with Crippen molar-refractivity contribution in [2.45, 2.75) is 6.92 Å². The van der Waals surface area contributed by atoms with Crippen LogP contribution in [0.25, 0.3) is 5.70 Å². The summed E-state index contributed by atoms with van der Waals surface area (Å²) >= 11 is 0. The standard InChI is InChI=1S/C18H15NO2/c1-12-7-9-13(10-8-12)17(20)11-16-14-5-3-4-6-15(14)18(21)19(16)2/h3-11H,1-2H3. The summed E-state index contributed by atoms with van der Waals surface area (Å²) in [5.74, 6) is -0.171. The minimum Gasteiger partial charge on any atom is -0.311 e. The number of ketones is 1. The van der Waals surface area contributed by atoms with Crippen LogP contribution >= 0.6 is 0 Å². The molecule has 1 aliphatic heterocycles. The van der Waals surface area contributed by atoms with Gasteiger partial charge in [-0.3, -0.25) is 9.59 Å². The molecule has 0 saturated carbocycles. The van der Waals surface area contributed by atoms with Crippen LogP contribution in [0.15, 0.2) is 54.6 Å². The zero-order valence-corrected chi connectivity index (χ0v) is 12.0. The van der Waals surface area contributed by atoms with Gasteiger partial charge in [-0.05, 0) is 13.0 Å². The number of aryl methyl sites for hydroxylation is 1. The molecule has 0 saturated heterocycles. The van der Waals surface area contributed by atoms with Gasteiger partial charge in [0.25, 0.3) is 5.91 Å². The summed E-state index contributed by atoms with van der Waals surface area (Å²) in [5.41, 5.74) is 3.84. The number of carbonyl (C=O) groups excluding carboxylic acids is 2. The normalized spacial score (nSPS) is 15.4. The summed E-state index contributed by atoms with van der Waals surface area (Å²) in [6.45, 7) is 1.98. The van der Waals surface area contributed by atoms with Gasteiger partial charge in [0.15, 0.2) is 5.78 Å². The Bertz CT molecular complexity index is 757. The van der Waals surface area contributed by atoms with Gasteiger partial charge in [-0.1, -0.05) is 48.0 Å². The molecule has 2 aromatic rings. The maximum Gasteiger partial charge on any atom is 0.258 e. The van der Waals surface area contributed by atoms with Crippen molar-refractivity contribution in [2.24, 2.45) is 0 Å². The molecule has 1 aliphatic rings. The molecule has 0 bridgehead atoms. The van der Waals surface area contributed by atoms with Crippen molar-refractivity contribution in [3.63, 3.8) is 0 Å². The van der Waals surface area contributed by atoms with Gasteiger partial charge in [0.1, 0.15) is 0 Å². The second-order valence-corrected chi connectivity index (χ2v) is 5.17. The van der Waals surface area contributed by atoms with Crippen LogP contribution in [0.4, 0.5) is 0 Å². The Hall–Kier alpha value is -2.68. The number of nitrogens with zero attached hydrogens (tertiary/aromatic N) is 1. The predicted molar refractivity (Wildman–Crippen MR) is 82.0 cm³/mol. The molecule has 3 rings (SSSR count). The minimum atomic E-state index is -0.0960. The van der Waals surface area contributed by atoms with Crippen molar-refractivity contribution in [3.8, 4) is 0 Å². The second kappa shape index (κ2) is 5.02. The first-order valence-electron chi connectivity index (χ1n) is 6.78. The molecule has 0 radical (unpaired) electrons. The topological polar surface area (TPSA) is 37.4 Å². The molecule has 0 spiro atoms. The molecule has 1 amide bonds. The molecular weight excluding hydrogens is 262 g/mol. The average Bonchev–Trinajstić information content (AvgIpc) is 2.73. The minimum absolute atomic E-state index is 0.0754. The Kier molecular flexibility index (Phi) is 3.18. The predicted octanol–water partition coefficient (Wildman–Crippen LogP) is 3.30. The Morgan fingerprint density at radius 1 is 1.00 bits per heavy atom. The van der Waals surface area contributed by atoms with Crippen molar-refractivity contribution in [2.75, 3.05) is 7.05 Å². The molecule has 0 aromatic heterocycles. The Morgan fingerprint density at radius 3 is 2.29 bits per heavy atom. The molecule has 2 aromatic carbocycles. The average molecular weight is 277 g/mol. The lowest BCUT2D eigenvalue weighted by molar-refractivity contribution is 0.0874. The van der Waals surface area contributed by atoms with Crippen LogP contribution in [-0.4, -0.2) is 23.6 Å². The van der Waals surface area contributed by atoms with E-state index in [9.17, 15) is 9.59 Å². The maximum absolute atomic E-state index is 12.4. The van der Waals surface area contributed by atoms with E-state index in [-0.39, 0.29) is 11.7 Å². The fourth-order valence-corrected chi connectivity index (χ4v) is 2.46. The summed E-state index contributed by atoms with van der Waals surface area (Å²) in [7, 11) is 1.69. The summed E-state index contributed by atoms with van der Waals surface area (Å²) < 4.78 is 0. The third-order valence-electron chi connectivity index (χ3n) is 3.70. The van der Waals surface area contributed by atoms with Gasteiger partial charge in [-0.2, -0.15) is 0 Å². The molecule has 0 atom stereocenters. The molecule has 0 unspecified atom stereocenters. The Labute approximate surface area is 123 Å². The van der Waals surface area contributed by atoms with E-state index in [4.69, 9.17) is 0 Å². The maximum atomic E-state index is 12.4. The number of benzene rings is 2. The smallest absolute Gasteiger partial charge is 0.258 e. The first-order valence-corrected chi connectivity index (χ1v) is 6.78. The Balaban J connectivity index is 2.02. The van der Waals surface area contributed by atoms with Gasteiger partial charge >= 0.3 is 0 Å². The van der Waals surface area contributed by atoms with Crippen molar-refractivity contribution >= 4 is 17.4 Å². The largest absolute Gasteiger partial charge is 0.311 e. The van der Waals surface area contributed by atoms with Gasteiger partial charge in [0.2, 0.25) is 0 Å². The third-order valence-corrected chi connectivity index (χ3v) is 3.70. The zero-order valence-electron chi connectivity index (χ0n) is 12.0. The fraction of sp³-hybridized carbons (Fsp3) is 0.111. The summed E-state index contributed by atoms with van der Waals surface area (Å²) in [6.07, 6.45) is 1.54. The number of hydrogen-bond donors (Lipinski definition) is 0. The van der Waals surface area contributed by atoms with E-state index < -0.39 is 0 Å². The van der Waals surface area contributed by atoms with Crippen LogP contribution in [0.5, 0.6) is 0 Å². The van der Waals surface area contributed by atoms with Gasteiger partial charge in [-0.25, -0.2) is 0 Å². The summed E-state index contributed by atoms with van der Waals surface area (Å²) in [5, 5.41) is 0. The van der Waals surface area contributed by atoms with Crippen LogP contribution in [0.1, 0.15) is 31.8 Å². The zero-order chi connectivity index (χ0) is 15.0. The van der Waals surface area contributed by atoms with E-state index in [0.717, 1.165) is 11.1 Å². The van der Waals surface area contributed by atoms with Crippen LogP contribution in [0, 0.1) is 6.92 Å². The molecule has 21 heavy (non-hydrogen) atoms. The molecule has 0 fully saturated rings. The number of hydrogen-bond acceptors (Lipinski definition) is 2. The van der Waals surface area contributed by atoms with Gasteiger partial charge in [0.05, 0.1) is 5.70 Å². The SMILES string of the molecule is Cc1ccc(C(=O)C=C2c3ccccc3C(=O)N2C)cc1. The highest BCUT2D eigenvalue weighted by Gasteiger charge is 2.29. The monoisotopic (exact) mass is 277 g/mol. The van der Waals surface area contributed by atoms with Crippen LogP contribution in [0.2, 0.25) is 0 Å². The van der Waals surface area contributed by atoms with Crippen molar-refractivity contribution in [1.82, 2.24) is 4.90 Å². The highest BCUT2D eigenvalue weighted by molar-refractivity contribution is 6.15. The summed E-state index contributed by atoms with van der Waals surface area (Å²) in [6, 6.07) is 14.8. The number of rotatable bonds is 2. The van der Waals surface area contributed by atoms with Crippen LogP contribution in [0.3, 0.4) is 0 Å². The number of fused-ring (bicyclic) bond motifs is 1.